The molecule has 2 aromatic rings. The Morgan fingerprint density at radius 1 is 0.936 bits per heavy atom. The Kier molecular flexibility index (Phi) is 11.2. The molecule has 1 unspecified atom stereocenters. The van der Waals surface area contributed by atoms with E-state index in [9.17, 15) is 34.2 Å². The lowest BCUT2D eigenvalue weighted by molar-refractivity contribution is -0.184. The molecule has 2 heterocycles. The van der Waals surface area contributed by atoms with Gasteiger partial charge in [-0.3, -0.25) is 14.4 Å². The highest BCUT2D eigenvalue weighted by atomic mass is 32.1. The number of amides is 1. The molecule has 1 aromatic carbocycles. The minimum absolute atomic E-state index is 0.0432. The third-order valence-electron chi connectivity index (χ3n) is 7.68. The second-order valence-electron chi connectivity index (χ2n) is 14.6. The zero-order valence-corrected chi connectivity index (χ0v) is 29.3. The predicted octanol–water partition coefficient (Wildman–Crippen LogP) is 4.52. The van der Waals surface area contributed by atoms with E-state index in [2.05, 4.69) is 10.6 Å². The summed E-state index contributed by atoms with van der Waals surface area (Å²) in [5, 5.41) is 25.5. The monoisotopic (exact) mass is 674 g/mol. The Bertz CT molecular complexity index is 1510. The van der Waals surface area contributed by atoms with Crippen LogP contribution in [0.1, 0.15) is 92.8 Å². The molecule has 47 heavy (non-hydrogen) atoms. The van der Waals surface area contributed by atoms with E-state index in [0.717, 1.165) is 10.4 Å². The summed E-state index contributed by atoms with van der Waals surface area (Å²) in [5.74, 6) is -3.97. The van der Waals surface area contributed by atoms with Crippen molar-refractivity contribution < 1.29 is 48.4 Å². The maximum absolute atomic E-state index is 13.2. The van der Waals surface area contributed by atoms with Crippen LogP contribution in [-0.4, -0.2) is 76.8 Å². The van der Waals surface area contributed by atoms with Crippen LogP contribution in [0.2, 0.25) is 0 Å². The molecule has 0 spiro atoms. The molecule has 0 radical (unpaired) electrons. The van der Waals surface area contributed by atoms with Gasteiger partial charge in [-0.2, -0.15) is 0 Å². The number of ether oxygens (including phenoxy) is 3. The number of nitrogens with one attached hydrogen (secondary N) is 2. The van der Waals surface area contributed by atoms with Gasteiger partial charge in [-0.1, -0.05) is 41.5 Å². The zero-order valence-electron chi connectivity index (χ0n) is 28.5. The van der Waals surface area contributed by atoms with Crippen LogP contribution in [-0.2, 0) is 32.0 Å². The summed E-state index contributed by atoms with van der Waals surface area (Å²) in [4.78, 5) is 64.4. The first kappa shape index (κ1) is 37.5. The van der Waals surface area contributed by atoms with Gasteiger partial charge in [0, 0.05) is 27.8 Å². The highest BCUT2D eigenvalue weighted by Crippen LogP contribution is 2.49. The number of carbonyl (C=O) groups is 5. The van der Waals surface area contributed by atoms with Crippen molar-refractivity contribution in [3.8, 4) is 11.5 Å². The molecule has 3 rings (SSSR count). The molecule has 1 aliphatic rings. The van der Waals surface area contributed by atoms with Crippen molar-refractivity contribution in [3.63, 3.8) is 0 Å². The van der Waals surface area contributed by atoms with Crippen LogP contribution in [0, 0.1) is 10.8 Å². The first-order valence-electron chi connectivity index (χ1n) is 15.4. The number of benzene rings is 1. The molecule has 13 heteroatoms. The number of ketones is 1. The molecule has 0 bridgehead atoms. The fourth-order valence-electron chi connectivity index (χ4n) is 5.80. The molecular weight excluding hydrogens is 628 g/mol. The lowest BCUT2D eigenvalue weighted by Crippen LogP contribution is -2.63. The van der Waals surface area contributed by atoms with E-state index in [-0.39, 0.29) is 29.6 Å². The van der Waals surface area contributed by atoms with E-state index in [4.69, 9.17) is 14.2 Å². The van der Waals surface area contributed by atoms with Crippen molar-refractivity contribution in [2.24, 2.45) is 10.8 Å². The Morgan fingerprint density at radius 3 is 2.13 bits per heavy atom. The van der Waals surface area contributed by atoms with E-state index < -0.39 is 58.3 Å². The van der Waals surface area contributed by atoms with Gasteiger partial charge in [-0.25, -0.2) is 9.59 Å². The third kappa shape index (κ3) is 8.89. The molecule has 0 fully saturated rings. The normalized spacial score (nSPS) is 15.6. The van der Waals surface area contributed by atoms with Crippen molar-refractivity contribution in [2.45, 2.75) is 92.4 Å². The number of carboxylic acids is 2. The van der Waals surface area contributed by atoms with Crippen LogP contribution in [0.15, 0.2) is 24.3 Å². The van der Waals surface area contributed by atoms with Gasteiger partial charge in [-0.15, -0.1) is 11.3 Å². The lowest BCUT2D eigenvalue weighted by Gasteiger charge is -2.49. The minimum atomic E-state index is -1.78. The molecule has 0 aliphatic carbocycles. The molecular formula is C34H46N2O10S. The van der Waals surface area contributed by atoms with E-state index in [1.807, 2.05) is 0 Å². The molecule has 0 saturated carbocycles. The van der Waals surface area contributed by atoms with Gasteiger partial charge >= 0.3 is 17.9 Å². The number of hydrogen-bond acceptors (Lipinski definition) is 10. The van der Waals surface area contributed by atoms with Crippen molar-refractivity contribution in [1.82, 2.24) is 10.6 Å². The van der Waals surface area contributed by atoms with Crippen LogP contribution in [0.5, 0.6) is 11.5 Å². The van der Waals surface area contributed by atoms with E-state index in [1.165, 1.54) is 29.5 Å². The number of fused-ring (bicyclic) bond motifs is 1. The van der Waals surface area contributed by atoms with Gasteiger partial charge in [0.05, 0.1) is 11.4 Å². The average Bonchev–Trinajstić information content (AvgIpc) is 3.22. The largest absolute Gasteiger partial charge is 0.479 e. The average molecular weight is 675 g/mol. The van der Waals surface area contributed by atoms with Crippen molar-refractivity contribution in [2.75, 3.05) is 19.7 Å². The molecule has 1 amide bonds. The van der Waals surface area contributed by atoms with Crippen molar-refractivity contribution in [1.29, 1.82) is 0 Å². The number of thiophene rings is 1. The van der Waals surface area contributed by atoms with Crippen LogP contribution in [0.3, 0.4) is 0 Å². The quantitative estimate of drug-likeness (QED) is 0.195. The number of carbonyl (C=O) groups excluding carboxylic acids is 3. The minimum Gasteiger partial charge on any atom is -0.479 e. The lowest BCUT2D eigenvalue weighted by atomic mass is 9.62. The fraction of sp³-hybridized carbons (Fsp3) is 0.559. The topological polar surface area (TPSA) is 178 Å². The summed E-state index contributed by atoms with van der Waals surface area (Å²) < 4.78 is 17.2. The van der Waals surface area contributed by atoms with E-state index >= 15 is 0 Å². The summed E-state index contributed by atoms with van der Waals surface area (Å²) in [5.41, 5.74) is -3.29. The van der Waals surface area contributed by atoms with Gasteiger partial charge in [0.1, 0.15) is 11.6 Å². The Balaban J connectivity index is 1.80. The van der Waals surface area contributed by atoms with Gasteiger partial charge in [0.25, 0.3) is 5.91 Å². The maximum atomic E-state index is 13.2. The summed E-state index contributed by atoms with van der Waals surface area (Å²) >= 11 is 1.30. The molecule has 0 saturated heterocycles. The second-order valence-corrected chi connectivity index (χ2v) is 15.7. The maximum Gasteiger partial charge on any atom is 0.349 e. The third-order valence-corrected chi connectivity index (χ3v) is 8.92. The van der Waals surface area contributed by atoms with Crippen LogP contribution >= 0.6 is 11.3 Å². The Labute approximate surface area is 279 Å². The molecule has 1 aromatic heterocycles. The SMILES string of the molecule is CC(C)(C)OC(=O)C1Cc2cc(C(=O)NCC(=O)c3ccc(OC(C(=O)O)(C(C)(C)C)C(C)(C)C)c(OCC(=O)O)c3)sc2CCN1. The molecule has 1 atom stereocenters. The number of Topliss-reactive ketones (excluding diaryl/α,β-unsaturated/α-hetero) is 1. The van der Waals surface area contributed by atoms with E-state index in [0.29, 0.717) is 24.3 Å². The number of carboxylic acid groups (broad SMARTS) is 2. The van der Waals surface area contributed by atoms with Gasteiger partial charge in [0.15, 0.2) is 23.9 Å². The summed E-state index contributed by atoms with van der Waals surface area (Å²) in [6, 6.07) is 5.24. The van der Waals surface area contributed by atoms with Crippen molar-refractivity contribution >= 4 is 40.9 Å². The summed E-state index contributed by atoms with van der Waals surface area (Å²) in [7, 11) is 0. The number of esters is 1. The number of aliphatic carboxylic acids is 2. The zero-order chi connectivity index (χ0) is 35.5. The smallest absolute Gasteiger partial charge is 0.349 e. The number of rotatable bonds is 11. The summed E-state index contributed by atoms with van der Waals surface area (Å²) in [6.07, 6.45) is 1.00. The second kappa shape index (κ2) is 14.0. The van der Waals surface area contributed by atoms with Gasteiger partial charge < -0.3 is 35.1 Å². The highest BCUT2D eigenvalue weighted by molar-refractivity contribution is 7.14. The van der Waals surface area contributed by atoms with E-state index in [1.54, 1.807) is 68.4 Å². The summed E-state index contributed by atoms with van der Waals surface area (Å²) in [6.45, 7) is 15.2. The van der Waals surface area contributed by atoms with Crippen LogP contribution in [0.25, 0.3) is 0 Å². The van der Waals surface area contributed by atoms with Crippen LogP contribution < -0.4 is 20.1 Å². The number of hydrogen-bond donors (Lipinski definition) is 4. The van der Waals surface area contributed by atoms with Crippen molar-refractivity contribution in [3.05, 3.63) is 45.1 Å². The fourth-order valence-corrected chi connectivity index (χ4v) is 6.91. The van der Waals surface area contributed by atoms with Gasteiger partial charge in [-0.05, 0) is 63.4 Å². The van der Waals surface area contributed by atoms with Crippen LogP contribution in [0.4, 0.5) is 0 Å². The predicted molar refractivity (Wildman–Crippen MR) is 176 cm³/mol. The first-order valence-corrected chi connectivity index (χ1v) is 16.2. The first-order chi connectivity index (χ1) is 21.6. The molecule has 1 aliphatic heterocycles. The molecule has 4 N–H and O–H groups in total. The van der Waals surface area contributed by atoms with Gasteiger partial charge in [0.2, 0.25) is 5.60 Å². The highest BCUT2D eigenvalue weighted by Gasteiger charge is 2.60. The molecule has 12 nitrogen and oxygen atoms in total. The molecule has 258 valence electrons. The standard InChI is InChI=1S/C34H46N2O10S/c1-31(2,3)34(30(42)43,32(4,5)6)45-23-11-10-19(15-24(23)44-18-27(38)39)22(37)17-36-28(40)26-16-20-14-21(29(41)46-33(7,8)9)35-13-12-25(20)47-26/h10-11,15-16,21,35H,12-14,17-18H2,1-9H3,(H,36,40)(H,38,39)(H,42,43). The Hall–Kier alpha value is -3.97. The Morgan fingerprint density at radius 2 is 1.57 bits per heavy atom.